The van der Waals surface area contributed by atoms with E-state index in [0.29, 0.717) is 33.9 Å². The van der Waals surface area contributed by atoms with Crippen LogP contribution in [0.2, 0.25) is 5.02 Å². The predicted molar refractivity (Wildman–Crippen MR) is 119 cm³/mol. The maximum atomic E-state index is 13.3. The van der Waals surface area contributed by atoms with Gasteiger partial charge in [0.15, 0.2) is 0 Å². The summed E-state index contributed by atoms with van der Waals surface area (Å²) in [5.74, 6) is 0.304. The molecule has 5 nitrogen and oxygen atoms in total. The molecule has 0 spiro atoms. The van der Waals surface area contributed by atoms with Crippen LogP contribution < -0.4 is 5.56 Å². The summed E-state index contributed by atoms with van der Waals surface area (Å²) in [7, 11) is 0. The molecule has 150 valence electrons. The third kappa shape index (κ3) is 4.42. The summed E-state index contributed by atoms with van der Waals surface area (Å²) < 4.78 is 0. The summed E-state index contributed by atoms with van der Waals surface area (Å²) in [4.78, 5) is 34.8. The van der Waals surface area contributed by atoms with E-state index < -0.39 is 0 Å². The van der Waals surface area contributed by atoms with Crippen LogP contribution in [0, 0.1) is 6.92 Å². The van der Waals surface area contributed by atoms with E-state index in [0.717, 1.165) is 11.1 Å². The molecule has 1 amide bonds. The summed E-state index contributed by atoms with van der Waals surface area (Å²) in [5.41, 5.74) is 2.91. The summed E-state index contributed by atoms with van der Waals surface area (Å²) in [6.07, 6.45) is 0. The summed E-state index contributed by atoms with van der Waals surface area (Å²) in [6, 6.07) is 22.0. The minimum Gasteiger partial charge on any atom is -0.327 e. The van der Waals surface area contributed by atoms with Crippen molar-refractivity contribution in [2.45, 2.75) is 20.0 Å². The highest BCUT2D eigenvalue weighted by molar-refractivity contribution is 6.30. The largest absolute Gasteiger partial charge is 0.327 e. The highest BCUT2D eigenvalue weighted by atomic mass is 35.5. The van der Waals surface area contributed by atoms with Crippen molar-refractivity contribution < 1.29 is 4.79 Å². The fourth-order valence-electron chi connectivity index (χ4n) is 3.36. The number of H-pyrrole nitrogens is 1. The molecular weight excluding hydrogens is 398 g/mol. The topological polar surface area (TPSA) is 66.1 Å². The number of aryl methyl sites for hydroxylation is 1. The fraction of sp³-hybridized carbons (Fsp3) is 0.125. The first kappa shape index (κ1) is 19.9. The molecule has 0 fully saturated rings. The van der Waals surface area contributed by atoms with Crippen LogP contribution in [0.25, 0.3) is 10.9 Å². The molecule has 3 aromatic carbocycles. The summed E-state index contributed by atoms with van der Waals surface area (Å²) in [6.45, 7) is 2.48. The molecule has 0 aliphatic heterocycles. The predicted octanol–water partition coefficient (Wildman–Crippen LogP) is 4.73. The van der Waals surface area contributed by atoms with E-state index in [1.807, 2.05) is 43.3 Å². The monoisotopic (exact) mass is 417 g/mol. The van der Waals surface area contributed by atoms with E-state index in [4.69, 9.17) is 11.6 Å². The van der Waals surface area contributed by atoms with Gasteiger partial charge in [-0.3, -0.25) is 9.59 Å². The molecule has 0 aliphatic carbocycles. The Morgan fingerprint density at radius 2 is 1.77 bits per heavy atom. The van der Waals surface area contributed by atoms with Crippen molar-refractivity contribution in [3.8, 4) is 0 Å². The highest BCUT2D eigenvalue weighted by Crippen LogP contribution is 2.16. The molecule has 0 saturated carbocycles. The van der Waals surface area contributed by atoms with E-state index in [9.17, 15) is 9.59 Å². The maximum absolute atomic E-state index is 13.3. The SMILES string of the molecule is Cc1cccc(C(=O)N(Cc2ccc(Cl)cc2)Cc2nc3ccccc3c(=O)[nH]2)c1. The molecule has 0 unspecified atom stereocenters. The summed E-state index contributed by atoms with van der Waals surface area (Å²) >= 11 is 6.00. The normalized spacial score (nSPS) is 10.9. The van der Waals surface area contributed by atoms with Crippen LogP contribution in [-0.2, 0) is 13.1 Å². The van der Waals surface area contributed by atoms with Gasteiger partial charge in [0.2, 0.25) is 0 Å². The zero-order valence-electron chi connectivity index (χ0n) is 16.4. The van der Waals surface area contributed by atoms with Crippen LogP contribution in [0.5, 0.6) is 0 Å². The molecule has 0 bridgehead atoms. The number of carbonyl (C=O) groups excluding carboxylic acids is 1. The van der Waals surface area contributed by atoms with Gasteiger partial charge in [-0.2, -0.15) is 0 Å². The van der Waals surface area contributed by atoms with Crippen LogP contribution in [0.4, 0.5) is 0 Å². The quantitative estimate of drug-likeness (QED) is 0.510. The Morgan fingerprint density at radius 1 is 1.00 bits per heavy atom. The third-order valence-electron chi connectivity index (χ3n) is 4.84. The molecule has 4 aromatic rings. The Hall–Kier alpha value is -3.44. The lowest BCUT2D eigenvalue weighted by atomic mass is 10.1. The van der Waals surface area contributed by atoms with Gasteiger partial charge in [-0.1, -0.05) is 53.6 Å². The first-order chi connectivity index (χ1) is 14.5. The Bertz CT molecular complexity index is 1270. The van der Waals surface area contributed by atoms with E-state index in [2.05, 4.69) is 9.97 Å². The molecule has 1 heterocycles. The number of nitrogens with one attached hydrogen (secondary N) is 1. The number of hydrogen-bond acceptors (Lipinski definition) is 3. The number of fused-ring (bicyclic) bond motifs is 1. The first-order valence-corrected chi connectivity index (χ1v) is 9.96. The van der Waals surface area contributed by atoms with Crippen LogP contribution in [-0.4, -0.2) is 20.8 Å². The molecule has 0 aliphatic rings. The maximum Gasteiger partial charge on any atom is 0.258 e. The van der Waals surface area contributed by atoms with Gasteiger partial charge in [-0.25, -0.2) is 4.98 Å². The molecule has 0 radical (unpaired) electrons. The van der Waals surface area contributed by atoms with Gasteiger partial charge >= 0.3 is 0 Å². The Balaban J connectivity index is 1.70. The number of aromatic nitrogens is 2. The highest BCUT2D eigenvalue weighted by Gasteiger charge is 2.18. The van der Waals surface area contributed by atoms with E-state index >= 15 is 0 Å². The van der Waals surface area contributed by atoms with E-state index in [-0.39, 0.29) is 18.0 Å². The number of para-hydroxylation sites is 1. The summed E-state index contributed by atoms with van der Waals surface area (Å²) in [5, 5.41) is 1.16. The number of amides is 1. The van der Waals surface area contributed by atoms with Crippen LogP contribution in [0.3, 0.4) is 0 Å². The molecule has 6 heteroatoms. The van der Waals surface area contributed by atoms with Crippen LogP contribution in [0.15, 0.2) is 77.6 Å². The van der Waals surface area contributed by atoms with Gasteiger partial charge in [0.1, 0.15) is 5.82 Å². The number of benzene rings is 3. The number of nitrogens with zero attached hydrogens (tertiary/aromatic N) is 2. The molecule has 0 atom stereocenters. The molecule has 30 heavy (non-hydrogen) atoms. The third-order valence-corrected chi connectivity index (χ3v) is 5.09. The van der Waals surface area contributed by atoms with Crippen molar-refractivity contribution in [2.75, 3.05) is 0 Å². The zero-order valence-corrected chi connectivity index (χ0v) is 17.2. The van der Waals surface area contributed by atoms with Crippen LogP contribution >= 0.6 is 11.6 Å². The van der Waals surface area contributed by atoms with Crippen molar-refractivity contribution in [1.82, 2.24) is 14.9 Å². The van der Waals surface area contributed by atoms with Gasteiger partial charge in [-0.15, -0.1) is 0 Å². The fourth-order valence-corrected chi connectivity index (χ4v) is 3.49. The van der Waals surface area contributed by atoms with Crippen LogP contribution in [0.1, 0.15) is 27.3 Å². The second-order valence-electron chi connectivity index (χ2n) is 7.19. The van der Waals surface area contributed by atoms with Gasteiger partial charge < -0.3 is 9.88 Å². The second-order valence-corrected chi connectivity index (χ2v) is 7.62. The number of carbonyl (C=O) groups is 1. The average molecular weight is 418 g/mol. The molecule has 0 saturated heterocycles. The van der Waals surface area contributed by atoms with Gasteiger partial charge in [-0.05, 0) is 48.9 Å². The smallest absolute Gasteiger partial charge is 0.258 e. The van der Waals surface area contributed by atoms with Gasteiger partial charge in [0, 0.05) is 17.1 Å². The lowest BCUT2D eigenvalue weighted by Gasteiger charge is -2.23. The number of hydrogen-bond donors (Lipinski definition) is 1. The average Bonchev–Trinajstić information content (AvgIpc) is 2.74. The van der Waals surface area contributed by atoms with Crippen molar-refractivity contribution in [2.24, 2.45) is 0 Å². The minimum absolute atomic E-state index is 0.135. The standard InChI is InChI=1S/C24H20ClN3O2/c1-16-5-4-6-18(13-16)24(30)28(14-17-9-11-19(25)12-10-17)15-22-26-21-8-3-2-7-20(21)23(29)27-22/h2-13H,14-15H2,1H3,(H,26,27,29). The van der Waals surface area contributed by atoms with Crippen molar-refractivity contribution in [1.29, 1.82) is 0 Å². The van der Waals surface area contributed by atoms with Crippen molar-refractivity contribution in [3.05, 3.63) is 111 Å². The van der Waals surface area contributed by atoms with Gasteiger partial charge in [0.25, 0.3) is 11.5 Å². The van der Waals surface area contributed by atoms with Crippen molar-refractivity contribution >= 4 is 28.4 Å². The second kappa shape index (κ2) is 8.51. The first-order valence-electron chi connectivity index (χ1n) is 9.58. The lowest BCUT2D eigenvalue weighted by Crippen LogP contribution is -2.31. The molecule has 1 aromatic heterocycles. The Labute approximate surface area is 179 Å². The molecule has 1 N–H and O–H groups in total. The number of aromatic amines is 1. The van der Waals surface area contributed by atoms with Gasteiger partial charge in [0.05, 0.1) is 17.4 Å². The number of rotatable bonds is 5. The Morgan fingerprint density at radius 3 is 2.53 bits per heavy atom. The molecule has 4 rings (SSSR count). The van der Waals surface area contributed by atoms with E-state index in [1.54, 1.807) is 41.3 Å². The zero-order chi connectivity index (χ0) is 21.1. The minimum atomic E-state index is -0.218. The number of halogens is 1. The van der Waals surface area contributed by atoms with E-state index in [1.165, 1.54) is 0 Å². The molecular formula is C24H20ClN3O2. The van der Waals surface area contributed by atoms with Crippen molar-refractivity contribution in [3.63, 3.8) is 0 Å². The lowest BCUT2D eigenvalue weighted by molar-refractivity contribution is 0.0725. The Kier molecular flexibility index (Phi) is 5.63.